The zero-order valence-corrected chi connectivity index (χ0v) is 16.0. The number of H-pyrrole nitrogens is 1. The van der Waals surface area contributed by atoms with Gasteiger partial charge in [-0.25, -0.2) is 29.0 Å². The second-order valence-corrected chi connectivity index (χ2v) is 7.16. The smallest absolute Gasteiger partial charge is 0.272 e. The minimum atomic E-state index is -0.613. The highest BCUT2D eigenvalue weighted by atomic mass is 19.1. The fourth-order valence-corrected chi connectivity index (χ4v) is 4.01. The highest BCUT2D eigenvalue weighted by Gasteiger charge is 2.36. The third-order valence-corrected chi connectivity index (χ3v) is 5.34. The van der Waals surface area contributed by atoms with Crippen molar-refractivity contribution in [2.75, 3.05) is 12.0 Å². The molecule has 4 N–H and O–H groups in total. The van der Waals surface area contributed by atoms with Gasteiger partial charge < -0.3 is 10.5 Å². The lowest BCUT2D eigenvalue weighted by atomic mass is 9.88. The second kappa shape index (κ2) is 7.52. The van der Waals surface area contributed by atoms with Crippen LogP contribution in [0.5, 0.6) is 0 Å². The molecule has 0 amide bonds. The molecule has 1 aliphatic heterocycles. The normalized spacial score (nSPS) is 18.0. The standard InChI is InChI=1S/C20H17F2N7O2/c21-11-3-1-10(2-4-11)17-16(19-23-9-24-29(19)5-6-30)18-15-13(20(31)28-27-18)7-12(22)8-14(15)25-26-17/h1-4,7-9,16-17,25-26,30H,5-6H2,(H,28,31). The van der Waals surface area contributed by atoms with Crippen LogP contribution in [0.2, 0.25) is 0 Å². The fraction of sp³-hybridized carbons (Fsp3) is 0.200. The molecule has 2 aromatic carbocycles. The number of halogens is 2. The number of hydrazine groups is 1. The quantitative estimate of drug-likeness (QED) is 0.392. The largest absolute Gasteiger partial charge is 0.394 e. The van der Waals surface area contributed by atoms with E-state index < -0.39 is 23.3 Å². The molecule has 4 aromatic rings. The lowest BCUT2D eigenvalue weighted by Crippen LogP contribution is -2.32. The van der Waals surface area contributed by atoms with Crippen LogP contribution in [0, 0.1) is 11.6 Å². The molecule has 31 heavy (non-hydrogen) atoms. The number of aliphatic hydroxyl groups excluding tert-OH is 1. The molecule has 0 aliphatic carbocycles. The van der Waals surface area contributed by atoms with Crippen molar-refractivity contribution in [3.05, 3.63) is 81.8 Å². The second-order valence-electron chi connectivity index (χ2n) is 7.16. The van der Waals surface area contributed by atoms with Crippen molar-refractivity contribution in [2.24, 2.45) is 0 Å². The van der Waals surface area contributed by atoms with Gasteiger partial charge in [0.25, 0.3) is 5.56 Å². The summed E-state index contributed by atoms with van der Waals surface area (Å²) < 4.78 is 29.3. The molecule has 0 saturated carbocycles. The molecule has 11 heteroatoms. The number of aromatic nitrogens is 5. The third-order valence-electron chi connectivity index (χ3n) is 5.34. The van der Waals surface area contributed by atoms with Gasteiger partial charge in [-0.1, -0.05) is 12.1 Å². The van der Waals surface area contributed by atoms with Crippen LogP contribution < -0.4 is 16.4 Å². The summed E-state index contributed by atoms with van der Waals surface area (Å²) in [5.41, 5.74) is 7.06. The maximum Gasteiger partial charge on any atom is 0.272 e. The first-order valence-electron chi connectivity index (χ1n) is 9.54. The van der Waals surface area contributed by atoms with E-state index in [0.29, 0.717) is 28.2 Å². The molecule has 3 heterocycles. The third kappa shape index (κ3) is 3.23. The van der Waals surface area contributed by atoms with Gasteiger partial charge in [0.2, 0.25) is 0 Å². The number of nitrogens with zero attached hydrogens (tertiary/aromatic N) is 4. The first kappa shape index (κ1) is 19.3. The Bertz CT molecular complexity index is 1320. The van der Waals surface area contributed by atoms with E-state index >= 15 is 0 Å². The van der Waals surface area contributed by atoms with Gasteiger partial charge >= 0.3 is 0 Å². The fourth-order valence-electron chi connectivity index (χ4n) is 4.01. The number of nitrogens with one attached hydrogen (secondary N) is 3. The molecule has 1 aliphatic rings. The van der Waals surface area contributed by atoms with Crippen molar-refractivity contribution in [3.63, 3.8) is 0 Å². The van der Waals surface area contributed by atoms with Gasteiger partial charge in [0.15, 0.2) is 0 Å². The van der Waals surface area contributed by atoms with Crippen LogP contribution in [-0.2, 0) is 6.54 Å². The van der Waals surface area contributed by atoms with E-state index in [-0.39, 0.29) is 24.4 Å². The minimum Gasteiger partial charge on any atom is -0.394 e. The summed E-state index contributed by atoms with van der Waals surface area (Å²) in [5, 5.41) is 20.9. The highest BCUT2D eigenvalue weighted by Crippen LogP contribution is 2.41. The summed E-state index contributed by atoms with van der Waals surface area (Å²) >= 11 is 0. The number of hydrogen-bond acceptors (Lipinski definition) is 7. The van der Waals surface area contributed by atoms with Crippen molar-refractivity contribution >= 4 is 16.5 Å². The zero-order chi connectivity index (χ0) is 21.5. The van der Waals surface area contributed by atoms with Crippen LogP contribution in [0.15, 0.2) is 47.5 Å². The molecular formula is C20H17F2N7O2. The van der Waals surface area contributed by atoms with E-state index in [1.54, 1.807) is 12.1 Å². The Kier molecular flexibility index (Phi) is 4.68. The SMILES string of the molecule is O=c1[nH]nc2c3c(cc(F)cc13)NNC(c1ccc(F)cc1)C2c1ncnn1CCO. The molecule has 5 rings (SSSR count). The number of hydrogen-bond donors (Lipinski definition) is 4. The maximum absolute atomic E-state index is 14.2. The van der Waals surface area contributed by atoms with E-state index in [9.17, 15) is 18.7 Å². The highest BCUT2D eigenvalue weighted by molar-refractivity contribution is 5.96. The van der Waals surface area contributed by atoms with Crippen molar-refractivity contribution in [3.8, 4) is 0 Å². The van der Waals surface area contributed by atoms with E-state index in [4.69, 9.17) is 0 Å². The Morgan fingerprint density at radius 3 is 2.71 bits per heavy atom. The van der Waals surface area contributed by atoms with Crippen LogP contribution in [0.1, 0.15) is 29.0 Å². The van der Waals surface area contributed by atoms with Crippen LogP contribution in [0.25, 0.3) is 10.8 Å². The van der Waals surface area contributed by atoms with Crippen molar-refractivity contribution < 1.29 is 13.9 Å². The Labute approximate surface area is 173 Å². The zero-order valence-electron chi connectivity index (χ0n) is 16.0. The van der Waals surface area contributed by atoms with Gasteiger partial charge in [0.05, 0.1) is 41.9 Å². The summed E-state index contributed by atoms with van der Waals surface area (Å²) in [4.78, 5) is 16.8. The van der Waals surface area contributed by atoms with Crippen molar-refractivity contribution in [2.45, 2.75) is 18.5 Å². The minimum absolute atomic E-state index is 0.132. The van der Waals surface area contributed by atoms with Crippen LogP contribution >= 0.6 is 0 Å². The average Bonchev–Trinajstić information content (AvgIpc) is 3.14. The first-order valence-corrected chi connectivity index (χ1v) is 9.54. The van der Waals surface area contributed by atoms with Crippen molar-refractivity contribution in [1.82, 2.24) is 30.4 Å². The summed E-state index contributed by atoms with van der Waals surface area (Å²) in [5.74, 6) is -1.12. The van der Waals surface area contributed by atoms with E-state index in [2.05, 4.69) is 31.1 Å². The van der Waals surface area contributed by atoms with Gasteiger partial charge in [0, 0.05) is 5.39 Å². The molecular weight excluding hydrogens is 408 g/mol. The van der Waals surface area contributed by atoms with Gasteiger partial charge in [0.1, 0.15) is 23.8 Å². The number of aromatic amines is 1. The molecule has 2 unspecified atom stereocenters. The molecule has 9 nitrogen and oxygen atoms in total. The molecule has 0 spiro atoms. The summed E-state index contributed by atoms with van der Waals surface area (Å²) in [6.07, 6.45) is 1.36. The monoisotopic (exact) mass is 425 g/mol. The Hall–Kier alpha value is -3.70. The Morgan fingerprint density at radius 2 is 1.94 bits per heavy atom. The van der Waals surface area contributed by atoms with Crippen LogP contribution in [0.3, 0.4) is 0 Å². The van der Waals surface area contributed by atoms with Crippen LogP contribution in [-0.4, -0.2) is 36.7 Å². The van der Waals surface area contributed by atoms with Crippen LogP contribution in [0.4, 0.5) is 14.5 Å². The topological polar surface area (TPSA) is 121 Å². The molecule has 0 fully saturated rings. The van der Waals surface area contributed by atoms with Gasteiger partial charge in [-0.05, 0) is 29.8 Å². The Balaban J connectivity index is 1.80. The van der Waals surface area contributed by atoms with Gasteiger partial charge in [-0.2, -0.15) is 10.2 Å². The number of aliphatic hydroxyl groups is 1. The number of rotatable bonds is 4. The predicted octanol–water partition coefficient (Wildman–Crippen LogP) is 1.59. The lowest BCUT2D eigenvalue weighted by Gasteiger charge is -2.26. The summed E-state index contributed by atoms with van der Waals surface area (Å²) in [7, 11) is 0. The molecule has 2 aromatic heterocycles. The van der Waals surface area contributed by atoms with E-state index in [1.165, 1.54) is 29.2 Å². The molecule has 0 bridgehead atoms. The lowest BCUT2D eigenvalue weighted by molar-refractivity contribution is 0.265. The Morgan fingerprint density at radius 1 is 1.13 bits per heavy atom. The molecule has 0 radical (unpaired) electrons. The van der Waals surface area contributed by atoms with E-state index in [0.717, 1.165) is 6.07 Å². The number of benzene rings is 2. The molecule has 2 atom stereocenters. The molecule has 0 saturated heterocycles. The average molecular weight is 425 g/mol. The number of anilines is 1. The van der Waals surface area contributed by atoms with Gasteiger partial charge in [-0.3, -0.25) is 4.79 Å². The van der Waals surface area contributed by atoms with Gasteiger partial charge in [-0.15, -0.1) is 0 Å². The van der Waals surface area contributed by atoms with Crippen molar-refractivity contribution in [1.29, 1.82) is 0 Å². The summed E-state index contributed by atoms with van der Waals surface area (Å²) in [6, 6.07) is 7.78. The molecule has 158 valence electrons. The first-order chi connectivity index (χ1) is 15.1. The maximum atomic E-state index is 14.2. The predicted molar refractivity (Wildman–Crippen MR) is 107 cm³/mol. The summed E-state index contributed by atoms with van der Waals surface area (Å²) in [6.45, 7) is 0.0321. The van der Waals surface area contributed by atoms with E-state index in [1.807, 2.05) is 0 Å².